The first-order chi connectivity index (χ1) is 3.63. The monoisotopic (exact) mass is 152 g/mol. The van der Waals surface area contributed by atoms with Crippen molar-refractivity contribution in [3.8, 4) is 0 Å². The molecular weight excluding hydrogens is 134 g/mol. The quantitative estimate of drug-likeness (QED) is 0.542. The molecule has 0 spiro atoms. The van der Waals surface area contributed by atoms with E-state index in [2.05, 4.69) is 26.7 Å². The van der Waals surface area contributed by atoms with E-state index in [0.717, 1.165) is 0 Å². The van der Waals surface area contributed by atoms with E-state index in [0.29, 0.717) is 0 Å². The second kappa shape index (κ2) is 4.71. The summed E-state index contributed by atoms with van der Waals surface area (Å²) in [4.78, 5) is 0. The molecule has 0 aromatic rings. The minimum absolute atomic E-state index is 0.0957. The Balaban J connectivity index is 2.93. The summed E-state index contributed by atoms with van der Waals surface area (Å²) < 4.78 is 0. The van der Waals surface area contributed by atoms with Crippen LogP contribution in [0.25, 0.3) is 0 Å². The van der Waals surface area contributed by atoms with Crippen molar-refractivity contribution in [2.45, 2.75) is 0 Å². The van der Waals surface area contributed by atoms with Crippen LogP contribution in [-0.4, -0.2) is 39.0 Å². The Bertz CT molecular complexity index is 42.5. The zero-order valence-electron chi connectivity index (χ0n) is 6.41. The molecule has 0 radical (unpaired) electrons. The Labute approximate surface area is 55.6 Å². The lowest BCUT2D eigenvalue weighted by Crippen LogP contribution is -1.86. The molecule has 0 saturated heterocycles. The summed E-state index contributed by atoms with van der Waals surface area (Å²) in [5, 5.41) is 0. The molecule has 0 N–H and O–H groups in total. The Morgan fingerprint density at radius 3 is 1.12 bits per heavy atom. The smallest absolute Gasteiger partial charge is 0.00165 e. The molecule has 8 heavy (non-hydrogen) atoms. The molecule has 0 nitrogen and oxygen atoms in total. The predicted molar refractivity (Wildman–Crippen MR) is 50.1 cm³/mol. The topological polar surface area (TPSA) is 0 Å². The second-order valence-corrected chi connectivity index (χ2v) is 8.74. The molecule has 2 heteroatoms. The van der Waals surface area contributed by atoms with Crippen molar-refractivity contribution < 1.29 is 0 Å². The summed E-state index contributed by atoms with van der Waals surface area (Å²) in [5.41, 5.74) is 0. The predicted octanol–water partition coefficient (Wildman–Crippen LogP) is 1.93. The van der Waals surface area contributed by atoms with Crippen LogP contribution < -0.4 is 0 Å². The summed E-state index contributed by atoms with van der Waals surface area (Å²) in [7, 11) is 0.191. The number of hydrogen-bond acceptors (Lipinski definition) is 0. The van der Waals surface area contributed by atoms with Crippen LogP contribution in [0, 0.1) is 0 Å². The van der Waals surface area contributed by atoms with Gasteiger partial charge in [0.05, 0.1) is 12.3 Å². The van der Waals surface area contributed by atoms with Crippen molar-refractivity contribution in [1.29, 1.82) is 0 Å². The first kappa shape index (κ1) is 8.86. The SMILES string of the molecule is C[PH+](C)CC[PH+](C)C. The lowest BCUT2D eigenvalue weighted by atomic mass is 11.0. The highest BCUT2D eigenvalue weighted by Crippen LogP contribution is 2.32. The summed E-state index contributed by atoms with van der Waals surface area (Å²) in [6, 6.07) is 0. The molecule has 0 aromatic carbocycles. The van der Waals surface area contributed by atoms with Crippen LogP contribution in [0.2, 0.25) is 0 Å². The fourth-order valence-electron chi connectivity index (χ4n) is 0.500. The van der Waals surface area contributed by atoms with E-state index in [9.17, 15) is 0 Å². The van der Waals surface area contributed by atoms with Crippen molar-refractivity contribution in [3.05, 3.63) is 0 Å². The van der Waals surface area contributed by atoms with Crippen molar-refractivity contribution in [3.63, 3.8) is 0 Å². The van der Waals surface area contributed by atoms with Gasteiger partial charge >= 0.3 is 0 Å². The van der Waals surface area contributed by atoms with E-state index in [1.807, 2.05) is 0 Å². The summed E-state index contributed by atoms with van der Waals surface area (Å²) in [6.45, 7) is 9.59. The minimum atomic E-state index is 0.0957. The lowest BCUT2D eigenvalue weighted by Gasteiger charge is -1.96. The molecule has 0 aromatic heterocycles. The third kappa shape index (κ3) is 6.86. The zero-order chi connectivity index (χ0) is 6.57. The Morgan fingerprint density at radius 1 is 0.750 bits per heavy atom. The maximum absolute atomic E-state index is 2.40. The molecule has 0 aliphatic carbocycles. The van der Waals surface area contributed by atoms with Crippen LogP contribution in [0.15, 0.2) is 0 Å². The van der Waals surface area contributed by atoms with Gasteiger partial charge in [0, 0.05) is 26.7 Å². The minimum Gasteiger partial charge on any atom is -0.00165 e. The third-order valence-corrected chi connectivity index (χ3v) is 4.12. The summed E-state index contributed by atoms with van der Waals surface area (Å²) in [5.74, 6) is 0. The average Bonchev–Trinajstić information content (AvgIpc) is 1.61. The molecule has 0 aliphatic heterocycles. The van der Waals surface area contributed by atoms with Crippen molar-refractivity contribution >= 4 is 15.8 Å². The maximum Gasteiger partial charge on any atom is 0.0899 e. The molecule has 0 amide bonds. The highest BCUT2D eigenvalue weighted by Gasteiger charge is 2.05. The standard InChI is InChI=1S/C6H16P2/c1-7(2)5-6-8(3)4/h5-6H2,1-4H3/p+2. The third-order valence-electron chi connectivity index (χ3n) is 1.12. The van der Waals surface area contributed by atoms with E-state index >= 15 is 0 Å². The van der Waals surface area contributed by atoms with Gasteiger partial charge in [-0.1, -0.05) is 0 Å². The van der Waals surface area contributed by atoms with E-state index in [-0.39, 0.29) is 15.8 Å². The fourth-order valence-corrected chi connectivity index (χ4v) is 4.50. The van der Waals surface area contributed by atoms with Gasteiger partial charge in [-0.05, 0) is 15.8 Å². The Kier molecular flexibility index (Phi) is 5.22. The van der Waals surface area contributed by atoms with Crippen LogP contribution in [0.3, 0.4) is 0 Å². The number of hydrogen-bond donors (Lipinski definition) is 0. The molecule has 0 atom stereocenters. The van der Waals surface area contributed by atoms with Crippen LogP contribution in [-0.2, 0) is 0 Å². The van der Waals surface area contributed by atoms with Crippen molar-refractivity contribution in [2.75, 3.05) is 39.0 Å². The molecule has 0 heterocycles. The van der Waals surface area contributed by atoms with Crippen molar-refractivity contribution in [1.82, 2.24) is 0 Å². The maximum atomic E-state index is 2.40. The van der Waals surface area contributed by atoms with E-state index in [1.165, 1.54) is 12.3 Å². The fraction of sp³-hybridized carbons (Fsp3) is 1.00. The first-order valence-electron chi connectivity index (χ1n) is 3.21. The molecule has 0 aliphatic rings. The normalized spacial score (nSPS) is 11.2. The highest BCUT2D eigenvalue weighted by molar-refractivity contribution is 7.60. The van der Waals surface area contributed by atoms with Gasteiger partial charge in [0.1, 0.15) is 0 Å². The molecule has 50 valence electrons. The molecule has 0 bridgehead atoms. The molecule has 0 saturated carbocycles. The molecule has 0 fully saturated rings. The Hall–Kier alpha value is 0.860. The summed E-state index contributed by atoms with van der Waals surface area (Å²) >= 11 is 0. The zero-order valence-corrected chi connectivity index (χ0v) is 8.41. The molecule has 0 unspecified atom stereocenters. The van der Waals surface area contributed by atoms with Gasteiger partial charge in [-0.2, -0.15) is 0 Å². The van der Waals surface area contributed by atoms with Gasteiger partial charge in [0.2, 0.25) is 0 Å². The number of rotatable bonds is 3. The lowest BCUT2D eigenvalue weighted by molar-refractivity contribution is 1.49. The van der Waals surface area contributed by atoms with Crippen LogP contribution in [0.5, 0.6) is 0 Å². The largest absolute Gasteiger partial charge is 0.0899 e. The van der Waals surface area contributed by atoms with Gasteiger partial charge in [0.25, 0.3) is 0 Å². The second-order valence-electron chi connectivity index (χ2n) is 2.91. The van der Waals surface area contributed by atoms with Crippen LogP contribution in [0.4, 0.5) is 0 Å². The van der Waals surface area contributed by atoms with E-state index < -0.39 is 0 Å². The Morgan fingerprint density at radius 2 is 1.00 bits per heavy atom. The summed E-state index contributed by atoms with van der Waals surface area (Å²) in [6.07, 6.45) is 3.07. The first-order valence-corrected chi connectivity index (χ1v) is 8.62. The van der Waals surface area contributed by atoms with E-state index in [4.69, 9.17) is 0 Å². The van der Waals surface area contributed by atoms with Gasteiger partial charge in [0.15, 0.2) is 0 Å². The van der Waals surface area contributed by atoms with Crippen LogP contribution in [0.1, 0.15) is 0 Å². The molecule has 0 rings (SSSR count). The highest BCUT2D eigenvalue weighted by atomic mass is 31.1. The van der Waals surface area contributed by atoms with Gasteiger partial charge in [-0.15, -0.1) is 0 Å². The van der Waals surface area contributed by atoms with Gasteiger partial charge in [-0.3, -0.25) is 0 Å². The van der Waals surface area contributed by atoms with Crippen LogP contribution >= 0.6 is 15.8 Å². The molecular formula is C6H18P2+2. The van der Waals surface area contributed by atoms with Crippen molar-refractivity contribution in [2.24, 2.45) is 0 Å². The van der Waals surface area contributed by atoms with Gasteiger partial charge < -0.3 is 0 Å². The van der Waals surface area contributed by atoms with Gasteiger partial charge in [-0.25, -0.2) is 0 Å². The van der Waals surface area contributed by atoms with E-state index in [1.54, 1.807) is 0 Å². The average molecular weight is 152 g/mol.